The summed E-state index contributed by atoms with van der Waals surface area (Å²) >= 11 is 0. The van der Waals surface area contributed by atoms with Crippen molar-refractivity contribution in [2.45, 2.75) is 13.8 Å². The third-order valence-electron chi connectivity index (χ3n) is 3.38. The van der Waals surface area contributed by atoms with Gasteiger partial charge in [0.2, 0.25) is 0 Å². The third kappa shape index (κ3) is 2.00. The van der Waals surface area contributed by atoms with Crippen molar-refractivity contribution in [3.8, 4) is 11.5 Å². The highest BCUT2D eigenvalue weighted by atomic mass is 16.5. The second kappa shape index (κ2) is 4.34. The van der Waals surface area contributed by atoms with E-state index in [1.54, 1.807) is 18.2 Å². The van der Waals surface area contributed by atoms with Crippen LogP contribution in [0.1, 0.15) is 13.8 Å². The standard InChI is InChI=1S/C13H18O3/c1-10(2)13(7-15-8-13)9-16-12-6-4-3-5-11(12)14/h3-6,10,14H,7-9H2,1-2H3. The number of phenols is 1. The summed E-state index contributed by atoms with van der Waals surface area (Å²) in [6, 6.07) is 7.05. The van der Waals surface area contributed by atoms with Crippen molar-refractivity contribution >= 4 is 0 Å². The average Bonchev–Trinajstić information content (AvgIpc) is 2.18. The molecule has 0 radical (unpaired) electrons. The van der Waals surface area contributed by atoms with E-state index < -0.39 is 0 Å². The van der Waals surface area contributed by atoms with E-state index in [9.17, 15) is 5.11 Å². The Bertz CT molecular complexity index is 356. The highest BCUT2D eigenvalue weighted by Crippen LogP contribution is 2.37. The van der Waals surface area contributed by atoms with Crippen molar-refractivity contribution in [2.75, 3.05) is 19.8 Å². The molecule has 0 spiro atoms. The Morgan fingerprint density at radius 2 is 2.06 bits per heavy atom. The van der Waals surface area contributed by atoms with Crippen LogP contribution in [-0.2, 0) is 4.74 Å². The quantitative estimate of drug-likeness (QED) is 0.850. The van der Waals surface area contributed by atoms with Crippen LogP contribution in [0.2, 0.25) is 0 Å². The Kier molecular flexibility index (Phi) is 3.06. The third-order valence-corrected chi connectivity index (χ3v) is 3.38. The van der Waals surface area contributed by atoms with Gasteiger partial charge in [-0.05, 0) is 18.1 Å². The summed E-state index contributed by atoms with van der Waals surface area (Å²) in [5.41, 5.74) is 0.113. The number of rotatable bonds is 4. The van der Waals surface area contributed by atoms with Crippen LogP contribution < -0.4 is 4.74 Å². The Balaban J connectivity index is 1.99. The van der Waals surface area contributed by atoms with E-state index in [0.29, 0.717) is 18.3 Å². The monoisotopic (exact) mass is 222 g/mol. The molecule has 0 bridgehead atoms. The lowest BCUT2D eigenvalue weighted by atomic mass is 9.76. The molecule has 0 amide bonds. The molecule has 1 heterocycles. The van der Waals surface area contributed by atoms with Crippen LogP contribution in [0.3, 0.4) is 0 Å². The molecule has 1 aromatic rings. The summed E-state index contributed by atoms with van der Waals surface area (Å²) in [5.74, 6) is 1.27. The molecule has 0 aliphatic carbocycles. The Labute approximate surface area is 96.0 Å². The SMILES string of the molecule is CC(C)C1(COc2ccccc2O)COC1. The predicted octanol–water partition coefficient (Wildman–Crippen LogP) is 2.44. The molecule has 16 heavy (non-hydrogen) atoms. The van der Waals surface area contributed by atoms with Gasteiger partial charge in [-0.3, -0.25) is 0 Å². The van der Waals surface area contributed by atoms with Gasteiger partial charge >= 0.3 is 0 Å². The van der Waals surface area contributed by atoms with Crippen molar-refractivity contribution in [2.24, 2.45) is 11.3 Å². The fourth-order valence-corrected chi connectivity index (χ4v) is 1.75. The van der Waals surface area contributed by atoms with E-state index >= 15 is 0 Å². The van der Waals surface area contributed by atoms with Crippen molar-refractivity contribution < 1.29 is 14.6 Å². The number of aromatic hydroxyl groups is 1. The van der Waals surface area contributed by atoms with E-state index in [4.69, 9.17) is 9.47 Å². The largest absolute Gasteiger partial charge is 0.504 e. The highest BCUT2D eigenvalue weighted by Gasteiger charge is 2.42. The summed E-state index contributed by atoms with van der Waals surface area (Å²) in [4.78, 5) is 0. The van der Waals surface area contributed by atoms with Crippen LogP contribution in [0.15, 0.2) is 24.3 Å². The number of phenolic OH excluding ortho intramolecular Hbond substituents is 1. The summed E-state index contributed by atoms with van der Waals surface area (Å²) in [6.07, 6.45) is 0. The van der Waals surface area contributed by atoms with Crippen LogP contribution in [0.5, 0.6) is 11.5 Å². The van der Waals surface area contributed by atoms with Crippen LogP contribution in [0, 0.1) is 11.3 Å². The minimum atomic E-state index is 0.113. The minimum Gasteiger partial charge on any atom is -0.504 e. The van der Waals surface area contributed by atoms with Gasteiger partial charge < -0.3 is 14.6 Å². The number of benzene rings is 1. The normalized spacial score (nSPS) is 18.2. The molecule has 3 heteroatoms. The van der Waals surface area contributed by atoms with Gasteiger partial charge in [-0.25, -0.2) is 0 Å². The van der Waals surface area contributed by atoms with Crippen molar-refractivity contribution in [1.82, 2.24) is 0 Å². The van der Waals surface area contributed by atoms with Gasteiger partial charge in [0.25, 0.3) is 0 Å². The fourth-order valence-electron chi connectivity index (χ4n) is 1.75. The molecule has 1 aromatic carbocycles. The summed E-state index contributed by atoms with van der Waals surface area (Å²) in [6.45, 7) is 6.45. The first-order chi connectivity index (χ1) is 7.64. The molecule has 1 saturated heterocycles. The second-order valence-electron chi connectivity index (χ2n) is 4.77. The Morgan fingerprint density at radius 1 is 1.38 bits per heavy atom. The van der Waals surface area contributed by atoms with Gasteiger partial charge in [0.1, 0.15) is 0 Å². The lowest BCUT2D eigenvalue weighted by molar-refractivity contribution is -0.156. The molecular formula is C13H18O3. The van der Waals surface area contributed by atoms with Crippen LogP contribution in [0.25, 0.3) is 0 Å². The van der Waals surface area contributed by atoms with E-state index in [-0.39, 0.29) is 11.2 Å². The summed E-state index contributed by atoms with van der Waals surface area (Å²) < 4.78 is 11.0. The fraction of sp³-hybridized carbons (Fsp3) is 0.538. The number of hydrogen-bond donors (Lipinski definition) is 1. The molecule has 88 valence electrons. The maximum Gasteiger partial charge on any atom is 0.160 e. The molecule has 2 rings (SSSR count). The average molecular weight is 222 g/mol. The molecule has 0 unspecified atom stereocenters. The van der Waals surface area contributed by atoms with Crippen molar-refractivity contribution in [3.63, 3.8) is 0 Å². The zero-order valence-electron chi connectivity index (χ0n) is 9.77. The molecular weight excluding hydrogens is 204 g/mol. The van der Waals surface area contributed by atoms with Crippen molar-refractivity contribution in [1.29, 1.82) is 0 Å². The van der Waals surface area contributed by atoms with Gasteiger partial charge in [-0.1, -0.05) is 26.0 Å². The molecule has 0 saturated carbocycles. The smallest absolute Gasteiger partial charge is 0.160 e. The van der Waals surface area contributed by atoms with Crippen LogP contribution in [0.4, 0.5) is 0 Å². The first-order valence-electron chi connectivity index (χ1n) is 5.63. The number of ether oxygens (including phenoxy) is 2. The molecule has 1 N–H and O–H groups in total. The lowest BCUT2D eigenvalue weighted by Crippen LogP contribution is -2.50. The van der Waals surface area contributed by atoms with Crippen molar-refractivity contribution in [3.05, 3.63) is 24.3 Å². The molecule has 0 aromatic heterocycles. The van der Waals surface area contributed by atoms with Gasteiger partial charge in [-0.2, -0.15) is 0 Å². The minimum absolute atomic E-state index is 0.113. The molecule has 1 fully saturated rings. The molecule has 0 atom stereocenters. The maximum absolute atomic E-state index is 9.58. The number of hydrogen-bond acceptors (Lipinski definition) is 3. The predicted molar refractivity (Wildman–Crippen MR) is 61.7 cm³/mol. The van der Waals surface area contributed by atoms with E-state index in [1.807, 2.05) is 6.07 Å². The summed E-state index contributed by atoms with van der Waals surface area (Å²) in [5, 5.41) is 9.58. The van der Waals surface area contributed by atoms with Gasteiger partial charge in [-0.15, -0.1) is 0 Å². The van der Waals surface area contributed by atoms with Crippen LogP contribution in [-0.4, -0.2) is 24.9 Å². The second-order valence-corrected chi connectivity index (χ2v) is 4.77. The summed E-state index contributed by atoms with van der Waals surface area (Å²) in [7, 11) is 0. The van der Waals surface area contributed by atoms with E-state index in [1.165, 1.54) is 0 Å². The highest BCUT2D eigenvalue weighted by molar-refractivity contribution is 5.37. The van der Waals surface area contributed by atoms with E-state index in [2.05, 4.69) is 13.8 Å². The zero-order chi connectivity index (χ0) is 11.6. The molecule has 3 nitrogen and oxygen atoms in total. The maximum atomic E-state index is 9.58. The first kappa shape index (κ1) is 11.3. The molecule has 1 aliphatic heterocycles. The topological polar surface area (TPSA) is 38.7 Å². The first-order valence-corrected chi connectivity index (χ1v) is 5.63. The van der Waals surface area contributed by atoms with Gasteiger partial charge in [0.05, 0.1) is 25.2 Å². The zero-order valence-corrected chi connectivity index (χ0v) is 9.77. The Morgan fingerprint density at radius 3 is 2.56 bits per heavy atom. The number of para-hydroxylation sites is 2. The van der Waals surface area contributed by atoms with E-state index in [0.717, 1.165) is 13.2 Å². The Hall–Kier alpha value is -1.22. The molecule has 1 aliphatic rings. The van der Waals surface area contributed by atoms with Gasteiger partial charge in [0.15, 0.2) is 11.5 Å². The lowest BCUT2D eigenvalue weighted by Gasteiger charge is -2.44. The van der Waals surface area contributed by atoms with Crippen LogP contribution >= 0.6 is 0 Å². The van der Waals surface area contributed by atoms with Gasteiger partial charge in [0, 0.05) is 0 Å².